The van der Waals surface area contributed by atoms with Gasteiger partial charge < -0.3 is 10.6 Å². The number of nitrogens with one attached hydrogen (secondary N) is 2. The average molecular weight is 522 g/mol. The second-order valence-corrected chi connectivity index (χ2v) is 9.43. The van der Waals surface area contributed by atoms with Gasteiger partial charge in [0.05, 0.1) is 11.4 Å². The van der Waals surface area contributed by atoms with Gasteiger partial charge in [0.1, 0.15) is 0 Å². The lowest BCUT2D eigenvalue weighted by Gasteiger charge is -2.25. The number of halogens is 1. The Morgan fingerprint density at radius 2 is 1.86 bits per heavy atom. The summed E-state index contributed by atoms with van der Waals surface area (Å²) in [6.45, 7) is 9.91. The summed E-state index contributed by atoms with van der Waals surface area (Å²) in [7, 11) is -3.13. The van der Waals surface area contributed by atoms with Crippen molar-refractivity contribution in [2.75, 3.05) is 32.4 Å². The highest BCUT2D eigenvalue weighted by Gasteiger charge is 2.29. The number of hydrogen-bond donors (Lipinski definition) is 2. The summed E-state index contributed by atoms with van der Waals surface area (Å²) in [5.74, 6) is 0.838. The Bertz CT molecular complexity index is 714. The van der Waals surface area contributed by atoms with Gasteiger partial charge in [0.15, 0.2) is 15.8 Å². The van der Waals surface area contributed by atoms with E-state index in [0.717, 1.165) is 50.2 Å². The van der Waals surface area contributed by atoms with Crippen LogP contribution in [0.4, 0.5) is 0 Å². The summed E-state index contributed by atoms with van der Waals surface area (Å²) >= 11 is 0. The molecule has 1 aromatic rings. The van der Waals surface area contributed by atoms with Crippen LogP contribution in [0.3, 0.4) is 0 Å². The van der Waals surface area contributed by atoms with Crippen LogP contribution in [-0.4, -0.2) is 63.8 Å². The largest absolute Gasteiger partial charge is 0.357 e. The lowest BCUT2D eigenvalue weighted by molar-refractivity contribution is 0.218. The van der Waals surface area contributed by atoms with Crippen molar-refractivity contribution in [3.63, 3.8) is 0 Å². The standard InChI is InChI=1S/C20H34N4O2S.HI/c1-5-21-20(23-14-15-24(16(2)3)18-8-9-18)22-13-12-17-6-10-19(11-7-17)27(4,25)26;/h6-7,10-11,16,18H,5,8-9,12-15H2,1-4H3,(H2,21,22,23);1H. The molecule has 0 amide bonds. The van der Waals surface area contributed by atoms with Crippen molar-refractivity contribution < 1.29 is 8.42 Å². The second kappa shape index (κ2) is 12.0. The lowest BCUT2D eigenvalue weighted by atomic mass is 10.1. The highest BCUT2D eigenvalue weighted by Crippen LogP contribution is 2.28. The van der Waals surface area contributed by atoms with Gasteiger partial charge >= 0.3 is 0 Å². The number of sulfone groups is 1. The van der Waals surface area contributed by atoms with Crippen LogP contribution in [0.25, 0.3) is 0 Å². The number of guanidine groups is 1. The van der Waals surface area contributed by atoms with Crippen LogP contribution in [0, 0.1) is 0 Å². The molecule has 1 saturated carbocycles. The molecule has 28 heavy (non-hydrogen) atoms. The molecule has 1 aromatic carbocycles. The van der Waals surface area contributed by atoms with Crippen molar-refractivity contribution in [2.45, 2.75) is 57.0 Å². The van der Waals surface area contributed by atoms with Crippen LogP contribution in [-0.2, 0) is 16.3 Å². The molecule has 160 valence electrons. The van der Waals surface area contributed by atoms with Crippen LogP contribution in [0.2, 0.25) is 0 Å². The Morgan fingerprint density at radius 1 is 1.21 bits per heavy atom. The number of nitrogens with zero attached hydrogens (tertiary/aromatic N) is 2. The Labute approximate surface area is 187 Å². The van der Waals surface area contributed by atoms with E-state index in [2.05, 4.69) is 36.3 Å². The van der Waals surface area contributed by atoms with Gasteiger partial charge in [-0.05, 0) is 57.7 Å². The zero-order valence-electron chi connectivity index (χ0n) is 17.4. The molecule has 2 N–H and O–H groups in total. The predicted molar refractivity (Wildman–Crippen MR) is 128 cm³/mol. The zero-order chi connectivity index (χ0) is 19.9. The first-order valence-corrected chi connectivity index (χ1v) is 11.8. The van der Waals surface area contributed by atoms with E-state index in [0.29, 0.717) is 10.9 Å². The Morgan fingerprint density at radius 3 is 2.36 bits per heavy atom. The molecule has 0 atom stereocenters. The minimum absolute atomic E-state index is 0. The molecule has 6 nitrogen and oxygen atoms in total. The topological polar surface area (TPSA) is 73.8 Å². The van der Waals surface area contributed by atoms with E-state index in [1.54, 1.807) is 12.1 Å². The van der Waals surface area contributed by atoms with E-state index in [-0.39, 0.29) is 24.0 Å². The molecule has 1 fully saturated rings. The highest BCUT2D eigenvalue weighted by atomic mass is 127. The maximum Gasteiger partial charge on any atom is 0.191 e. The highest BCUT2D eigenvalue weighted by molar-refractivity contribution is 14.0. The molecule has 1 aliphatic rings. The van der Waals surface area contributed by atoms with Gasteiger partial charge in [-0.3, -0.25) is 9.89 Å². The van der Waals surface area contributed by atoms with E-state index >= 15 is 0 Å². The minimum atomic E-state index is -3.13. The molecule has 0 unspecified atom stereocenters. The molecule has 0 radical (unpaired) electrons. The van der Waals surface area contributed by atoms with Crippen LogP contribution >= 0.6 is 24.0 Å². The van der Waals surface area contributed by atoms with E-state index < -0.39 is 9.84 Å². The first-order chi connectivity index (χ1) is 12.8. The first kappa shape index (κ1) is 25.2. The van der Waals surface area contributed by atoms with E-state index in [1.165, 1.54) is 19.1 Å². The van der Waals surface area contributed by atoms with Crippen molar-refractivity contribution in [2.24, 2.45) is 4.99 Å². The van der Waals surface area contributed by atoms with Gasteiger partial charge in [0.2, 0.25) is 0 Å². The number of rotatable bonds is 10. The summed E-state index contributed by atoms with van der Waals surface area (Å²) in [6, 6.07) is 8.41. The predicted octanol–water partition coefficient (Wildman–Crippen LogP) is 2.68. The van der Waals surface area contributed by atoms with Crippen LogP contribution in [0.15, 0.2) is 34.2 Å². The molecule has 0 bridgehead atoms. The fourth-order valence-electron chi connectivity index (χ4n) is 3.12. The van der Waals surface area contributed by atoms with Crippen molar-refractivity contribution in [1.82, 2.24) is 15.5 Å². The normalized spacial score (nSPS) is 14.9. The number of benzene rings is 1. The van der Waals surface area contributed by atoms with Gasteiger partial charge in [0.25, 0.3) is 0 Å². The molecule has 0 saturated heterocycles. The summed E-state index contributed by atoms with van der Waals surface area (Å²) < 4.78 is 23.0. The quantitative estimate of drug-likeness (QED) is 0.281. The Hall–Kier alpha value is -0.870. The van der Waals surface area contributed by atoms with Gasteiger partial charge in [-0.1, -0.05) is 12.1 Å². The molecular formula is C20H35IN4O2S. The maximum atomic E-state index is 11.5. The Balaban J connectivity index is 0.00000392. The van der Waals surface area contributed by atoms with Gasteiger partial charge in [0, 0.05) is 38.0 Å². The summed E-state index contributed by atoms with van der Waals surface area (Å²) in [6.07, 6.45) is 4.68. The lowest BCUT2D eigenvalue weighted by Crippen LogP contribution is -2.40. The molecule has 1 aliphatic carbocycles. The smallest absolute Gasteiger partial charge is 0.191 e. The zero-order valence-corrected chi connectivity index (χ0v) is 20.6. The second-order valence-electron chi connectivity index (χ2n) is 7.42. The monoisotopic (exact) mass is 522 g/mol. The first-order valence-electron chi connectivity index (χ1n) is 9.88. The van der Waals surface area contributed by atoms with E-state index in [9.17, 15) is 8.42 Å². The SMILES string of the molecule is CCNC(=NCCN(C(C)C)C1CC1)NCCc1ccc(S(C)(=O)=O)cc1.I. The third-order valence-electron chi connectivity index (χ3n) is 4.71. The van der Waals surface area contributed by atoms with Gasteiger partial charge in [-0.25, -0.2) is 8.42 Å². The molecule has 0 spiro atoms. The number of aliphatic imine (C=N–C) groups is 1. The summed E-state index contributed by atoms with van der Waals surface area (Å²) in [4.78, 5) is 7.60. The molecule has 0 aromatic heterocycles. The van der Waals surface area contributed by atoms with E-state index in [1.807, 2.05) is 12.1 Å². The molecule has 0 heterocycles. The summed E-state index contributed by atoms with van der Waals surface area (Å²) in [5.41, 5.74) is 1.10. The van der Waals surface area contributed by atoms with Gasteiger partial charge in [-0.2, -0.15) is 0 Å². The van der Waals surface area contributed by atoms with E-state index in [4.69, 9.17) is 4.99 Å². The molecule has 0 aliphatic heterocycles. The van der Waals surface area contributed by atoms with Crippen molar-refractivity contribution in [1.29, 1.82) is 0 Å². The van der Waals surface area contributed by atoms with Crippen molar-refractivity contribution in [3.8, 4) is 0 Å². The third kappa shape index (κ3) is 8.65. The van der Waals surface area contributed by atoms with Crippen LogP contribution < -0.4 is 10.6 Å². The molecule has 2 rings (SSSR count). The van der Waals surface area contributed by atoms with Crippen LogP contribution in [0.5, 0.6) is 0 Å². The third-order valence-corrected chi connectivity index (χ3v) is 5.84. The number of hydrogen-bond acceptors (Lipinski definition) is 4. The fraction of sp³-hybridized carbons (Fsp3) is 0.650. The van der Waals surface area contributed by atoms with Crippen LogP contribution in [0.1, 0.15) is 39.2 Å². The molecule has 8 heteroatoms. The Kier molecular flexibility index (Phi) is 10.8. The minimum Gasteiger partial charge on any atom is -0.357 e. The van der Waals surface area contributed by atoms with Crippen molar-refractivity contribution >= 4 is 39.8 Å². The fourth-order valence-corrected chi connectivity index (χ4v) is 3.75. The average Bonchev–Trinajstić information content (AvgIpc) is 3.42. The summed E-state index contributed by atoms with van der Waals surface area (Å²) in [5, 5.41) is 6.65. The van der Waals surface area contributed by atoms with Crippen molar-refractivity contribution in [3.05, 3.63) is 29.8 Å². The van der Waals surface area contributed by atoms with Gasteiger partial charge in [-0.15, -0.1) is 24.0 Å². The molecular weight excluding hydrogens is 487 g/mol. The maximum absolute atomic E-state index is 11.5.